The first-order valence-electron chi connectivity index (χ1n) is 7.84. The highest BCUT2D eigenvalue weighted by Gasteiger charge is 2.44. The summed E-state index contributed by atoms with van der Waals surface area (Å²) in [6, 6.07) is 20.4. The second-order valence-electron chi connectivity index (χ2n) is 6.11. The van der Waals surface area contributed by atoms with Crippen LogP contribution in [0.15, 0.2) is 60.7 Å². The van der Waals surface area contributed by atoms with Crippen LogP contribution in [0, 0.1) is 0 Å². The molecule has 0 aliphatic heterocycles. The predicted molar refractivity (Wildman–Crippen MR) is 88.7 cm³/mol. The van der Waals surface area contributed by atoms with Crippen molar-refractivity contribution >= 4 is 6.03 Å². The number of rotatable bonds is 5. The molecule has 3 nitrogen and oxygen atoms in total. The van der Waals surface area contributed by atoms with Crippen LogP contribution in [0.3, 0.4) is 0 Å². The number of hydrogen-bond donors (Lipinski definition) is 2. The van der Waals surface area contributed by atoms with Gasteiger partial charge in [0.1, 0.15) is 0 Å². The lowest BCUT2D eigenvalue weighted by Crippen LogP contribution is -2.40. The first-order valence-corrected chi connectivity index (χ1v) is 7.84. The van der Waals surface area contributed by atoms with Crippen LogP contribution in [0.2, 0.25) is 0 Å². The van der Waals surface area contributed by atoms with Gasteiger partial charge in [-0.15, -0.1) is 0 Å². The molecule has 0 radical (unpaired) electrons. The third-order valence-electron chi connectivity index (χ3n) is 4.47. The highest BCUT2D eigenvalue weighted by atomic mass is 16.2. The van der Waals surface area contributed by atoms with Crippen LogP contribution in [0.4, 0.5) is 4.79 Å². The van der Waals surface area contributed by atoms with Crippen LogP contribution >= 0.6 is 0 Å². The Kier molecular flexibility index (Phi) is 4.14. The molecule has 114 valence electrons. The molecule has 0 aromatic heterocycles. The first kappa shape index (κ1) is 14.6. The van der Waals surface area contributed by atoms with Crippen molar-refractivity contribution in [2.75, 3.05) is 6.54 Å². The molecule has 1 aliphatic rings. The van der Waals surface area contributed by atoms with Crippen molar-refractivity contribution in [3.63, 3.8) is 0 Å². The molecule has 2 aromatic carbocycles. The van der Waals surface area contributed by atoms with Gasteiger partial charge in [0.15, 0.2) is 0 Å². The summed E-state index contributed by atoms with van der Waals surface area (Å²) in [6.07, 6.45) is 2.29. The number of amides is 2. The van der Waals surface area contributed by atoms with Crippen LogP contribution in [-0.2, 0) is 5.41 Å². The molecule has 22 heavy (non-hydrogen) atoms. The third kappa shape index (κ3) is 3.30. The van der Waals surface area contributed by atoms with E-state index in [1.54, 1.807) is 0 Å². The van der Waals surface area contributed by atoms with E-state index in [1.807, 2.05) is 43.3 Å². The third-order valence-corrected chi connectivity index (χ3v) is 4.47. The Bertz CT molecular complexity index is 620. The summed E-state index contributed by atoms with van der Waals surface area (Å²) >= 11 is 0. The summed E-state index contributed by atoms with van der Waals surface area (Å²) in [5.74, 6) is 0. The van der Waals surface area contributed by atoms with Crippen molar-refractivity contribution in [1.29, 1.82) is 0 Å². The quantitative estimate of drug-likeness (QED) is 0.865. The van der Waals surface area contributed by atoms with Gasteiger partial charge in [-0.05, 0) is 30.9 Å². The van der Waals surface area contributed by atoms with E-state index in [4.69, 9.17) is 0 Å². The standard InChI is InChI=1S/C19H22N2O/c1-15(16-8-4-2-5-9-16)21-18(22)20-14-19(12-13-19)17-10-6-3-7-11-17/h2-11,15H,12-14H2,1H3,(H2,20,21,22). The maximum atomic E-state index is 12.1. The van der Waals surface area contributed by atoms with Gasteiger partial charge >= 0.3 is 6.03 Å². The van der Waals surface area contributed by atoms with Gasteiger partial charge in [-0.2, -0.15) is 0 Å². The predicted octanol–water partition coefficient (Wildman–Crippen LogP) is 3.78. The van der Waals surface area contributed by atoms with Gasteiger partial charge in [0.05, 0.1) is 6.04 Å². The van der Waals surface area contributed by atoms with Crippen molar-refractivity contribution in [2.45, 2.75) is 31.2 Å². The Morgan fingerprint density at radius 1 is 1.05 bits per heavy atom. The fourth-order valence-corrected chi connectivity index (χ4v) is 2.83. The number of nitrogens with one attached hydrogen (secondary N) is 2. The van der Waals surface area contributed by atoms with Gasteiger partial charge in [-0.1, -0.05) is 60.7 Å². The molecule has 0 spiro atoms. The van der Waals surface area contributed by atoms with E-state index in [1.165, 1.54) is 5.56 Å². The summed E-state index contributed by atoms with van der Waals surface area (Å²) in [7, 11) is 0. The van der Waals surface area contributed by atoms with Crippen LogP contribution in [-0.4, -0.2) is 12.6 Å². The lowest BCUT2D eigenvalue weighted by Gasteiger charge is -2.19. The van der Waals surface area contributed by atoms with Crippen molar-refractivity contribution in [1.82, 2.24) is 10.6 Å². The van der Waals surface area contributed by atoms with Gasteiger partial charge in [0.25, 0.3) is 0 Å². The zero-order chi connectivity index (χ0) is 15.4. The maximum Gasteiger partial charge on any atom is 0.315 e. The Hall–Kier alpha value is -2.29. The molecule has 1 unspecified atom stereocenters. The van der Waals surface area contributed by atoms with Crippen molar-refractivity contribution < 1.29 is 4.79 Å². The Labute approximate surface area is 131 Å². The highest BCUT2D eigenvalue weighted by molar-refractivity contribution is 5.74. The van der Waals surface area contributed by atoms with E-state index in [9.17, 15) is 4.79 Å². The summed E-state index contributed by atoms with van der Waals surface area (Å²) in [5.41, 5.74) is 2.59. The molecule has 1 atom stereocenters. The lowest BCUT2D eigenvalue weighted by atomic mass is 9.96. The summed E-state index contributed by atoms with van der Waals surface area (Å²) < 4.78 is 0. The van der Waals surface area contributed by atoms with Gasteiger partial charge in [-0.25, -0.2) is 4.79 Å². The molecular weight excluding hydrogens is 272 g/mol. The SMILES string of the molecule is CC(NC(=O)NCC1(c2ccccc2)CC1)c1ccccc1. The average molecular weight is 294 g/mol. The van der Waals surface area contributed by atoms with E-state index in [2.05, 4.69) is 34.9 Å². The normalized spacial score (nSPS) is 16.6. The van der Waals surface area contributed by atoms with E-state index in [-0.39, 0.29) is 17.5 Å². The van der Waals surface area contributed by atoms with E-state index >= 15 is 0 Å². The van der Waals surface area contributed by atoms with Crippen LogP contribution in [0.5, 0.6) is 0 Å². The van der Waals surface area contributed by atoms with E-state index in [0.717, 1.165) is 18.4 Å². The minimum Gasteiger partial charge on any atom is -0.337 e. The summed E-state index contributed by atoms with van der Waals surface area (Å²) in [4.78, 5) is 12.1. The van der Waals surface area contributed by atoms with Crippen LogP contribution < -0.4 is 10.6 Å². The van der Waals surface area contributed by atoms with Gasteiger partial charge in [0, 0.05) is 12.0 Å². The molecule has 0 heterocycles. The molecular formula is C19H22N2O. The average Bonchev–Trinajstić information content (AvgIpc) is 3.36. The van der Waals surface area contributed by atoms with Crippen molar-refractivity contribution in [2.24, 2.45) is 0 Å². The molecule has 0 bridgehead atoms. The molecule has 3 rings (SSSR count). The van der Waals surface area contributed by atoms with Gasteiger partial charge in [0.2, 0.25) is 0 Å². The molecule has 0 saturated heterocycles. The molecule has 1 fully saturated rings. The van der Waals surface area contributed by atoms with Gasteiger partial charge < -0.3 is 10.6 Å². The molecule has 2 aromatic rings. The van der Waals surface area contributed by atoms with Crippen molar-refractivity contribution in [3.05, 3.63) is 71.8 Å². The Balaban J connectivity index is 1.53. The monoisotopic (exact) mass is 294 g/mol. The topological polar surface area (TPSA) is 41.1 Å². The first-order chi connectivity index (χ1) is 10.7. The minimum atomic E-state index is -0.0986. The summed E-state index contributed by atoms with van der Waals surface area (Å²) in [6.45, 7) is 2.70. The number of carbonyl (C=O) groups is 1. The number of benzene rings is 2. The van der Waals surface area contributed by atoms with E-state index < -0.39 is 0 Å². The molecule has 1 aliphatic carbocycles. The largest absolute Gasteiger partial charge is 0.337 e. The van der Waals surface area contributed by atoms with E-state index in [0.29, 0.717) is 6.54 Å². The Morgan fingerprint density at radius 3 is 2.23 bits per heavy atom. The molecule has 3 heteroatoms. The minimum absolute atomic E-state index is 0.00748. The zero-order valence-corrected chi connectivity index (χ0v) is 12.9. The molecule has 2 N–H and O–H groups in total. The second kappa shape index (κ2) is 6.22. The zero-order valence-electron chi connectivity index (χ0n) is 12.9. The number of urea groups is 1. The molecule has 1 saturated carbocycles. The van der Waals surface area contributed by atoms with Crippen LogP contribution in [0.25, 0.3) is 0 Å². The van der Waals surface area contributed by atoms with Crippen LogP contribution in [0.1, 0.15) is 36.9 Å². The number of carbonyl (C=O) groups excluding carboxylic acids is 1. The smallest absolute Gasteiger partial charge is 0.315 e. The second-order valence-corrected chi connectivity index (χ2v) is 6.11. The fraction of sp³-hybridized carbons (Fsp3) is 0.316. The van der Waals surface area contributed by atoms with Gasteiger partial charge in [-0.3, -0.25) is 0 Å². The lowest BCUT2D eigenvalue weighted by molar-refractivity contribution is 0.237. The fourth-order valence-electron chi connectivity index (χ4n) is 2.83. The maximum absolute atomic E-state index is 12.1. The molecule has 2 amide bonds. The van der Waals surface area contributed by atoms with Crippen molar-refractivity contribution in [3.8, 4) is 0 Å². The Morgan fingerprint density at radius 2 is 1.64 bits per heavy atom. The highest BCUT2D eigenvalue weighted by Crippen LogP contribution is 2.47. The summed E-state index contributed by atoms with van der Waals surface area (Å²) in [5, 5.41) is 6.03. The number of hydrogen-bond acceptors (Lipinski definition) is 1.